The molecule has 5 atom stereocenters. The fourth-order valence-corrected chi connectivity index (χ4v) is 5.18. The van der Waals surface area contributed by atoms with E-state index in [4.69, 9.17) is 9.47 Å². The second kappa shape index (κ2) is 4.23. The van der Waals surface area contributed by atoms with E-state index >= 15 is 0 Å². The summed E-state index contributed by atoms with van der Waals surface area (Å²) < 4.78 is 12.4. The van der Waals surface area contributed by atoms with Gasteiger partial charge in [-0.15, -0.1) is 0 Å². The van der Waals surface area contributed by atoms with Gasteiger partial charge in [0.15, 0.2) is 0 Å². The zero-order valence-corrected chi connectivity index (χ0v) is 15.2. The van der Waals surface area contributed by atoms with Crippen LogP contribution in [0.15, 0.2) is 10.7 Å². The van der Waals surface area contributed by atoms with E-state index in [9.17, 15) is 0 Å². The van der Waals surface area contributed by atoms with Crippen molar-refractivity contribution >= 4 is 31.9 Å². The van der Waals surface area contributed by atoms with Crippen molar-refractivity contribution < 1.29 is 9.47 Å². The van der Waals surface area contributed by atoms with Gasteiger partial charge in [0.2, 0.25) is 0 Å². The molecule has 0 aromatic heterocycles. The Hall–Kier alpha value is 0.460. The molecule has 0 radical (unpaired) electrons. The van der Waals surface area contributed by atoms with Crippen molar-refractivity contribution in [1.82, 2.24) is 0 Å². The van der Waals surface area contributed by atoms with Crippen molar-refractivity contribution in [3.8, 4) is 0 Å². The molecule has 0 aromatic carbocycles. The monoisotopic (exact) mass is 392 g/mol. The van der Waals surface area contributed by atoms with Gasteiger partial charge in [0, 0.05) is 15.7 Å². The Bertz CT molecular complexity index is 434. The summed E-state index contributed by atoms with van der Waals surface area (Å²) in [5.74, 6) is 1.47. The number of rotatable bonds is 0. The van der Waals surface area contributed by atoms with E-state index < -0.39 is 0 Å². The van der Waals surface area contributed by atoms with Crippen LogP contribution in [0.1, 0.15) is 47.0 Å². The summed E-state index contributed by atoms with van der Waals surface area (Å²) in [5, 5.41) is 0. The van der Waals surface area contributed by atoms with Crippen molar-refractivity contribution in [2.24, 2.45) is 11.3 Å². The second-order valence-electron chi connectivity index (χ2n) is 7.22. The van der Waals surface area contributed by atoms with Gasteiger partial charge in [0.05, 0.1) is 6.10 Å². The first-order valence-electron chi connectivity index (χ1n) is 7.06. The van der Waals surface area contributed by atoms with Gasteiger partial charge in [0.25, 0.3) is 0 Å². The predicted molar refractivity (Wildman–Crippen MR) is 83.6 cm³/mol. The number of halogens is 2. The van der Waals surface area contributed by atoms with Crippen LogP contribution >= 0.6 is 31.9 Å². The van der Waals surface area contributed by atoms with Crippen LogP contribution in [-0.4, -0.2) is 22.1 Å². The lowest BCUT2D eigenvalue weighted by Crippen LogP contribution is -2.53. The zero-order chi connectivity index (χ0) is 14.1. The van der Waals surface area contributed by atoms with Gasteiger partial charge in [-0.05, 0) is 38.5 Å². The van der Waals surface area contributed by atoms with E-state index in [1.807, 2.05) is 4.99 Å². The van der Waals surface area contributed by atoms with Gasteiger partial charge in [-0.3, -0.25) is 0 Å². The van der Waals surface area contributed by atoms with Crippen LogP contribution in [-0.2, 0) is 9.47 Å². The number of epoxide rings is 1. The molecule has 1 saturated carbocycles. The Kier molecular flexibility index (Phi) is 3.21. The Labute approximate surface area is 132 Å². The molecule has 1 unspecified atom stereocenters. The maximum Gasteiger partial charge on any atom is 0.149 e. The van der Waals surface area contributed by atoms with Crippen molar-refractivity contribution in [3.63, 3.8) is 0 Å². The van der Waals surface area contributed by atoms with Crippen LogP contribution in [0.25, 0.3) is 0 Å². The van der Waals surface area contributed by atoms with Crippen molar-refractivity contribution in [3.05, 3.63) is 10.7 Å². The molecule has 3 rings (SSSR count). The van der Waals surface area contributed by atoms with Crippen molar-refractivity contribution in [1.29, 1.82) is 0 Å². The van der Waals surface area contributed by atoms with E-state index in [2.05, 4.69) is 59.6 Å². The summed E-state index contributed by atoms with van der Waals surface area (Å²) in [4.78, 5) is 2.47. The predicted octanol–water partition coefficient (Wildman–Crippen LogP) is 4.76. The molecule has 2 nitrogen and oxygen atoms in total. The Morgan fingerprint density at radius 3 is 2.58 bits per heavy atom. The highest BCUT2D eigenvalue weighted by Gasteiger charge is 2.65. The zero-order valence-electron chi connectivity index (χ0n) is 12.0. The Balaban J connectivity index is 2.00. The lowest BCUT2D eigenvalue weighted by atomic mass is 9.60. The summed E-state index contributed by atoms with van der Waals surface area (Å²) >= 11 is 7.33. The molecule has 0 amide bonds. The van der Waals surface area contributed by atoms with E-state index in [0.717, 1.165) is 25.0 Å². The summed E-state index contributed by atoms with van der Waals surface area (Å²) in [6.07, 6.45) is 3.66. The summed E-state index contributed by atoms with van der Waals surface area (Å²) in [5.41, 5.74) is -0.0590. The molecule has 3 fully saturated rings. The third-order valence-electron chi connectivity index (χ3n) is 5.66. The molecule has 1 aliphatic carbocycles. The van der Waals surface area contributed by atoms with Crippen molar-refractivity contribution in [2.75, 3.05) is 0 Å². The molecular formula is C15H22Br2O2. The Morgan fingerprint density at radius 1 is 1.26 bits per heavy atom. The highest BCUT2D eigenvalue weighted by Crippen LogP contribution is 2.60. The standard InChI is InChI=1S/C15H22Br2O2/c1-13(2)9-7-11-15(4,19-11)12(8-16)18-14(9,3)6-5-10(13)17/h8-11H,5-7H2,1-4H3/t9?,10-,11+,14-,15+/m0/s1. The third kappa shape index (κ3) is 1.96. The van der Waals surface area contributed by atoms with E-state index in [1.54, 1.807) is 0 Å². The molecule has 0 N–H and O–H groups in total. The van der Waals surface area contributed by atoms with Gasteiger partial charge < -0.3 is 9.47 Å². The average molecular weight is 394 g/mol. The number of hydrogen-bond donors (Lipinski definition) is 0. The highest BCUT2D eigenvalue weighted by molar-refractivity contribution is 9.11. The number of alkyl halides is 1. The average Bonchev–Trinajstić information content (AvgIpc) is 3.00. The second-order valence-corrected chi connectivity index (χ2v) is 8.78. The summed E-state index contributed by atoms with van der Waals surface area (Å²) in [6.45, 7) is 9.15. The molecule has 19 heavy (non-hydrogen) atoms. The van der Waals surface area contributed by atoms with Gasteiger partial charge in [-0.1, -0.05) is 45.7 Å². The van der Waals surface area contributed by atoms with E-state index in [1.165, 1.54) is 0 Å². The molecule has 0 aromatic rings. The fraction of sp³-hybridized carbons (Fsp3) is 0.867. The van der Waals surface area contributed by atoms with Crippen LogP contribution in [0.3, 0.4) is 0 Å². The quantitative estimate of drug-likeness (QED) is 0.437. The van der Waals surface area contributed by atoms with Crippen LogP contribution in [0, 0.1) is 11.3 Å². The fourth-order valence-electron chi connectivity index (χ4n) is 4.09. The topological polar surface area (TPSA) is 21.8 Å². The highest BCUT2D eigenvalue weighted by atomic mass is 79.9. The molecule has 4 heteroatoms. The molecule has 2 aliphatic heterocycles. The molecule has 2 saturated heterocycles. The lowest BCUT2D eigenvalue weighted by molar-refractivity contribution is -0.112. The Morgan fingerprint density at radius 2 is 1.95 bits per heavy atom. The first-order valence-corrected chi connectivity index (χ1v) is 8.89. The van der Waals surface area contributed by atoms with Gasteiger partial charge >= 0.3 is 0 Å². The molecule has 3 aliphatic rings. The van der Waals surface area contributed by atoms with Crippen LogP contribution in [0.4, 0.5) is 0 Å². The molecular weight excluding hydrogens is 372 g/mol. The maximum atomic E-state index is 6.46. The van der Waals surface area contributed by atoms with Crippen LogP contribution < -0.4 is 0 Å². The van der Waals surface area contributed by atoms with E-state index in [0.29, 0.717) is 16.8 Å². The van der Waals surface area contributed by atoms with Crippen molar-refractivity contribution in [2.45, 2.75) is 69.1 Å². The van der Waals surface area contributed by atoms with Gasteiger partial charge in [0.1, 0.15) is 17.0 Å². The van der Waals surface area contributed by atoms with Crippen LogP contribution in [0.2, 0.25) is 0 Å². The van der Waals surface area contributed by atoms with Gasteiger partial charge in [-0.2, -0.15) is 0 Å². The molecule has 0 spiro atoms. The summed E-state index contributed by atoms with van der Waals surface area (Å²) in [7, 11) is 0. The minimum Gasteiger partial charge on any atom is -0.488 e. The number of ether oxygens (including phenoxy) is 2. The number of fused-ring (bicyclic) bond motifs is 2. The first-order chi connectivity index (χ1) is 8.74. The summed E-state index contributed by atoms with van der Waals surface area (Å²) in [6, 6.07) is 0. The molecule has 0 bridgehead atoms. The largest absolute Gasteiger partial charge is 0.488 e. The minimum absolute atomic E-state index is 0.0762. The number of hydrogen-bond acceptors (Lipinski definition) is 2. The van der Waals surface area contributed by atoms with Crippen LogP contribution in [0.5, 0.6) is 0 Å². The molecule has 2 heterocycles. The molecule has 108 valence electrons. The minimum atomic E-state index is -0.207. The smallest absolute Gasteiger partial charge is 0.149 e. The third-order valence-corrected chi connectivity index (χ3v) is 7.72. The maximum absolute atomic E-state index is 6.46. The van der Waals surface area contributed by atoms with E-state index in [-0.39, 0.29) is 16.6 Å². The lowest BCUT2D eigenvalue weighted by Gasteiger charge is -2.52. The first kappa shape index (κ1) is 14.4. The normalized spacial score (nSPS) is 53.8. The van der Waals surface area contributed by atoms with Gasteiger partial charge in [-0.25, -0.2) is 0 Å². The SMILES string of the molecule is CC1(C)C2C[C@H]3O[C@@]3(C)C(=CBr)O[C@@]2(C)CC[C@@H]1Br.